The lowest BCUT2D eigenvalue weighted by atomic mass is 10.1. The summed E-state index contributed by atoms with van der Waals surface area (Å²) in [4.78, 5) is 27.9. The van der Waals surface area contributed by atoms with Crippen molar-refractivity contribution in [3.05, 3.63) is 30.1 Å². The number of aromatic nitrogens is 1. The Morgan fingerprint density at radius 1 is 1.38 bits per heavy atom. The number of hydrogen-bond acceptors (Lipinski definition) is 3. The van der Waals surface area contributed by atoms with E-state index in [9.17, 15) is 9.59 Å². The number of amides is 2. The van der Waals surface area contributed by atoms with Gasteiger partial charge in [0.05, 0.1) is 0 Å². The summed E-state index contributed by atoms with van der Waals surface area (Å²) >= 11 is 0. The van der Waals surface area contributed by atoms with Crippen LogP contribution in [0, 0.1) is 5.92 Å². The average Bonchev–Trinajstić information content (AvgIpc) is 2.49. The summed E-state index contributed by atoms with van der Waals surface area (Å²) in [6.07, 6.45) is 4.95. The third kappa shape index (κ3) is 7.29. The molecule has 0 saturated carbocycles. The number of rotatable bonds is 8. The minimum Gasteiger partial charge on any atom is -0.481 e. The molecule has 116 valence electrons. The van der Waals surface area contributed by atoms with E-state index in [1.54, 1.807) is 24.3 Å². The number of pyridine rings is 1. The van der Waals surface area contributed by atoms with Crippen molar-refractivity contribution < 1.29 is 14.7 Å². The van der Waals surface area contributed by atoms with Crippen LogP contribution in [0.15, 0.2) is 24.5 Å². The zero-order valence-electron chi connectivity index (χ0n) is 12.6. The molecule has 0 radical (unpaired) electrons. The number of carboxylic acid groups (broad SMARTS) is 1. The first-order valence-corrected chi connectivity index (χ1v) is 7.08. The Labute approximate surface area is 125 Å². The van der Waals surface area contributed by atoms with Crippen molar-refractivity contribution >= 4 is 12.0 Å². The minimum absolute atomic E-state index is 0.133. The Morgan fingerprint density at radius 2 is 2.05 bits per heavy atom. The monoisotopic (exact) mass is 293 g/mol. The van der Waals surface area contributed by atoms with E-state index in [-0.39, 0.29) is 18.4 Å². The molecule has 6 nitrogen and oxygen atoms in total. The molecule has 6 heteroatoms. The number of nitrogens with one attached hydrogen (secondary N) is 1. The van der Waals surface area contributed by atoms with Gasteiger partial charge in [0, 0.05) is 39.0 Å². The van der Waals surface area contributed by atoms with Crippen LogP contribution in [0.4, 0.5) is 4.79 Å². The second kappa shape index (κ2) is 8.94. The van der Waals surface area contributed by atoms with Gasteiger partial charge >= 0.3 is 12.0 Å². The molecule has 0 bridgehead atoms. The van der Waals surface area contributed by atoms with Crippen LogP contribution in [0.2, 0.25) is 0 Å². The molecule has 1 heterocycles. The standard InChI is InChI=1S/C15H23N3O3/c1-12(3-4-14(19)20)11-17-15(21)18(2)10-7-13-5-8-16-9-6-13/h5-6,8-9,12H,3-4,7,10-11H2,1-2H3,(H,17,21)(H,19,20). The minimum atomic E-state index is -0.803. The summed E-state index contributed by atoms with van der Waals surface area (Å²) in [6.45, 7) is 3.05. The fourth-order valence-electron chi connectivity index (χ4n) is 1.82. The molecule has 0 aliphatic rings. The first-order valence-electron chi connectivity index (χ1n) is 7.08. The van der Waals surface area contributed by atoms with Gasteiger partial charge in [0.25, 0.3) is 0 Å². The predicted octanol–water partition coefficient (Wildman–Crippen LogP) is 1.77. The van der Waals surface area contributed by atoms with Crippen molar-refractivity contribution in [2.75, 3.05) is 20.1 Å². The summed E-state index contributed by atoms with van der Waals surface area (Å²) in [5.74, 6) is -0.652. The quantitative estimate of drug-likeness (QED) is 0.765. The van der Waals surface area contributed by atoms with Gasteiger partial charge in [-0.2, -0.15) is 0 Å². The number of carbonyl (C=O) groups excluding carboxylic acids is 1. The third-order valence-electron chi connectivity index (χ3n) is 3.28. The molecule has 2 N–H and O–H groups in total. The van der Waals surface area contributed by atoms with Gasteiger partial charge in [-0.05, 0) is 36.5 Å². The predicted molar refractivity (Wildman–Crippen MR) is 80.0 cm³/mol. The van der Waals surface area contributed by atoms with E-state index in [4.69, 9.17) is 5.11 Å². The van der Waals surface area contributed by atoms with Gasteiger partial charge in [-0.15, -0.1) is 0 Å². The van der Waals surface area contributed by atoms with Crippen LogP contribution in [-0.2, 0) is 11.2 Å². The number of urea groups is 1. The van der Waals surface area contributed by atoms with Crippen LogP contribution < -0.4 is 5.32 Å². The number of aliphatic carboxylic acids is 1. The van der Waals surface area contributed by atoms with Crippen LogP contribution in [0.25, 0.3) is 0 Å². The summed E-state index contributed by atoms with van der Waals surface area (Å²) in [6, 6.07) is 3.73. The summed E-state index contributed by atoms with van der Waals surface area (Å²) in [7, 11) is 1.75. The van der Waals surface area contributed by atoms with Gasteiger partial charge in [0.15, 0.2) is 0 Å². The molecule has 0 saturated heterocycles. The first-order chi connectivity index (χ1) is 9.99. The summed E-state index contributed by atoms with van der Waals surface area (Å²) in [5.41, 5.74) is 1.14. The van der Waals surface area contributed by atoms with Gasteiger partial charge in [0.2, 0.25) is 0 Å². The van der Waals surface area contributed by atoms with E-state index in [2.05, 4.69) is 10.3 Å². The van der Waals surface area contributed by atoms with Gasteiger partial charge in [-0.25, -0.2) is 4.79 Å². The second-order valence-corrected chi connectivity index (χ2v) is 5.25. The van der Waals surface area contributed by atoms with Crippen molar-refractivity contribution in [1.29, 1.82) is 0 Å². The van der Waals surface area contributed by atoms with Crippen molar-refractivity contribution in [2.45, 2.75) is 26.2 Å². The van der Waals surface area contributed by atoms with Gasteiger partial charge in [-0.1, -0.05) is 6.92 Å². The lowest BCUT2D eigenvalue weighted by molar-refractivity contribution is -0.137. The third-order valence-corrected chi connectivity index (χ3v) is 3.28. The molecule has 1 unspecified atom stereocenters. The Kier molecular flexibility index (Phi) is 7.21. The van der Waals surface area contributed by atoms with Crippen LogP contribution in [0.5, 0.6) is 0 Å². The molecule has 1 rings (SSSR count). The molecule has 0 aliphatic carbocycles. The maximum atomic E-state index is 11.9. The molecule has 1 atom stereocenters. The van der Waals surface area contributed by atoms with Crippen LogP contribution in [0.3, 0.4) is 0 Å². The smallest absolute Gasteiger partial charge is 0.317 e. The fraction of sp³-hybridized carbons (Fsp3) is 0.533. The van der Waals surface area contributed by atoms with Crippen molar-refractivity contribution in [3.63, 3.8) is 0 Å². The zero-order valence-corrected chi connectivity index (χ0v) is 12.6. The van der Waals surface area contributed by atoms with Crippen molar-refractivity contribution in [1.82, 2.24) is 15.2 Å². The van der Waals surface area contributed by atoms with E-state index < -0.39 is 5.97 Å². The number of carboxylic acids is 1. The largest absolute Gasteiger partial charge is 0.481 e. The molecule has 1 aromatic rings. The van der Waals surface area contributed by atoms with E-state index in [1.807, 2.05) is 19.1 Å². The molecule has 1 aromatic heterocycles. The summed E-state index contributed by atoms with van der Waals surface area (Å²) in [5, 5.41) is 11.4. The van der Waals surface area contributed by atoms with E-state index in [0.29, 0.717) is 19.5 Å². The Hall–Kier alpha value is -2.11. The summed E-state index contributed by atoms with van der Waals surface area (Å²) < 4.78 is 0. The Bertz CT molecular complexity index is 451. The maximum Gasteiger partial charge on any atom is 0.317 e. The Balaban J connectivity index is 2.23. The Morgan fingerprint density at radius 3 is 2.67 bits per heavy atom. The molecule has 2 amide bonds. The highest BCUT2D eigenvalue weighted by Crippen LogP contribution is 2.04. The lowest BCUT2D eigenvalue weighted by Gasteiger charge is -2.19. The van der Waals surface area contributed by atoms with Gasteiger partial charge in [-0.3, -0.25) is 9.78 Å². The maximum absolute atomic E-state index is 11.9. The second-order valence-electron chi connectivity index (χ2n) is 5.25. The zero-order chi connectivity index (χ0) is 15.7. The SMILES string of the molecule is CC(CCC(=O)O)CNC(=O)N(C)CCc1ccncc1. The number of hydrogen-bond donors (Lipinski definition) is 2. The first kappa shape index (κ1) is 16.9. The van der Waals surface area contributed by atoms with Crippen LogP contribution in [-0.4, -0.2) is 47.1 Å². The van der Waals surface area contributed by atoms with Gasteiger partial charge < -0.3 is 15.3 Å². The van der Waals surface area contributed by atoms with E-state index >= 15 is 0 Å². The van der Waals surface area contributed by atoms with Crippen molar-refractivity contribution in [3.8, 4) is 0 Å². The molecule has 0 fully saturated rings. The van der Waals surface area contributed by atoms with E-state index in [0.717, 1.165) is 12.0 Å². The van der Waals surface area contributed by atoms with Crippen molar-refractivity contribution in [2.24, 2.45) is 5.92 Å². The molecule has 0 spiro atoms. The highest BCUT2D eigenvalue weighted by Gasteiger charge is 2.11. The van der Waals surface area contributed by atoms with Crippen LogP contribution >= 0.6 is 0 Å². The average molecular weight is 293 g/mol. The number of nitrogens with zero attached hydrogens (tertiary/aromatic N) is 2. The van der Waals surface area contributed by atoms with E-state index in [1.165, 1.54) is 0 Å². The van der Waals surface area contributed by atoms with Gasteiger partial charge in [0.1, 0.15) is 0 Å². The molecule has 0 aromatic carbocycles. The van der Waals surface area contributed by atoms with Crippen LogP contribution in [0.1, 0.15) is 25.3 Å². The lowest BCUT2D eigenvalue weighted by Crippen LogP contribution is -2.40. The number of likely N-dealkylation sites (N-methyl/N-ethyl adjacent to an activating group) is 1. The molecular weight excluding hydrogens is 270 g/mol. The highest BCUT2D eigenvalue weighted by molar-refractivity contribution is 5.73. The molecular formula is C15H23N3O3. The normalized spacial score (nSPS) is 11.7. The molecule has 21 heavy (non-hydrogen) atoms. The fourth-order valence-corrected chi connectivity index (χ4v) is 1.82. The molecule has 0 aliphatic heterocycles. The number of carbonyl (C=O) groups is 2. The topological polar surface area (TPSA) is 82.5 Å². The highest BCUT2D eigenvalue weighted by atomic mass is 16.4.